The van der Waals surface area contributed by atoms with Gasteiger partial charge in [-0.15, -0.1) is 0 Å². The molecule has 0 radical (unpaired) electrons. The zero-order valence-electron chi connectivity index (χ0n) is 13.7. The average molecular weight is 287 g/mol. The van der Waals surface area contributed by atoms with Crippen molar-refractivity contribution >= 4 is 5.69 Å². The van der Waals surface area contributed by atoms with Gasteiger partial charge in [0.2, 0.25) is 0 Å². The number of fused-ring (bicyclic) bond motifs is 1. The average Bonchev–Trinajstić information content (AvgIpc) is 2.92. The molecule has 2 nitrogen and oxygen atoms in total. The van der Waals surface area contributed by atoms with Crippen molar-refractivity contribution in [3.8, 4) is 0 Å². The van der Waals surface area contributed by atoms with Crippen LogP contribution in [-0.2, 0) is 6.42 Å². The normalized spacial score (nSPS) is 32.6. The Labute approximate surface area is 129 Å². The molecular formula is C19H29NO. The van der Waals surface area contributed by atoms with Crippen LogP contribution in [0.25, 0.3) is 0 Å². The fraction of sp³-hybridized carbons (Fsp3) is 0.684. The third kappa shape index (κ3) is 2.70. The fourth-order valence-corrected chi connectivity index (χ4v) is 4.16. The third-order valence-electron chi connectivity index (χ3n) is 6.29. The second-order valence-electron chi connectivity index (χ2n) is 7.78. The van der Waals surface area contributed by atoms with Gasteiger partial charge in [-0.2, -0.15) is 0 Å². The zero-order chi connectivity index (χ0) is 15.1. The molecule has 2 N–H and O–H groups in total. The van der Waals surface area contributed by atoms with E-state index in [0.717, 1.165) is 38.0 Å². The molecule has 1 aliphatic carbocycles. The number of hydrogen-bond acceptors (Lipinski definition) is 2. The van der Waals surface area contributed by atoms with E-state index in [-0.39, 0.29) is 6.04 Å². The van der Waals surface area contributed by atoms with E-state index >= 15 is 0 Å². The van der Waals surface area contributed by atoms with Crippen molar-refractivity contribution < 1.29 is 5.11 Å². The Kier molecular flexibility index (Phi) is 3.77. The molecule has 1 heterocycles. The highest BCUT2D eigenvalue weighted by molar-refractivity contribution is 5.57. The number of anilines is 1. The van der Waals surface area contributed by atoms with Crippen LogP contribution in [0.3, 0.4) is 0 Å². The molecule has 1 saturated carbocycles. The highest BCUT2D eigenvalue weighted by atomic mass is 16.3. The summed E-state index contributed by atoms with van der Waals surface area (Å²) in [6.45, 7) is 7.05. The summed E-state index contributed by atoms with van der Waals surface area (Å²) in [5.74, 6) is 0.756. The van der Waals surface area contributed by atoms with Gasteiger partial charge >= 0.3 is 0 Å². The van der Waals surface area contributed by atoms with E-state index in [4.69, 9.17) is 0 Å². The molecule has 0 saturated heterocycles. The van der Waals surface area contributed by atoms with E-state index in [1.165, 1.54) is 17.7 Å². The highest BCUT2D eigenvalue weighted by Gasteiger charge is 2.44. The first-order valence-electron chi connectivity index (χ1n) is 8.51. The van der Waals surface area contributed by atoms with Crippen molar-refractivity contribution in [1.29, 1.82) is 0 Å². The molecule has 1 aliphatic heterocycles. The number of para-hydroxylation sites is 1. The molecule has 0 bridgehead atoms. The molecule has 0 spiro atoms. The summed E-state index contributed by atoms with van der Waals surface area (Å²) in [6, 6.07) is 8.66. The quantitative estimate of drug-likeness (QED) is 0.864. The van der Waals surface area contributed by atoms with Gasteiger partial charge in [0.05, 0.1) is 11.6 Å². The van der Waals surface area contributed by atoms with Crippen LogP contribution in [-0.4, -0.2) is 16.7 Å². The first-order chi connectivity index (χ1) is 9.94. The monoisotopic (exact) mass is 287 g/mol. The van der Waals surface area contributed by atoms with Crippen LogP contribution in [0.1, 0.15) is 58.4 Å². The van der Waals surface area contributed by atoms with Crippen molar-refractivity contribution in [1.82, 2.24) is 0 Å². The Morgan fingerprint density at radius 3 is 2.52 bits per heavy atom. The van der Waals surface area contributed by atoms with Gasteiger partial charge in [0.25, 0.3) is 0 Å². The van der Waals surface area contributed by atoms with Crippen LogP contribution in [0.2, 0.25) is 0 Å². The SMILES string of the molecule is CCC(C)(C)C1CCC(O)(C2Cc3ccccc3N2)CC1. The standard InChI is InChI=1S/C19H29NO/c1-4-18(2,3)15-9-11-19(21,12-10-15)17-13-14-7-5-6-8-16(14)20-17/h5-8,15,17,20-21H,4,9-13H2,1-3H3. The minimum absolute atomic E-state index is 0.195. The molecule has 0 aromatic heterocycles. The van der Waals surface area contributed by atoms with E-state index in [9.17, 15) is 5.11 Å². The zero-order valence-corrected chi connectivity index (χ0v) is 13.7. The van der Waals surface area contributed by atoms with Crippen LogP contribution in [0, 0.1) is 11.3 Å². The summed E-state index contributed by atoms with van der Waals surface area (Å²) in [4.78, 5) is 0. The molecule has 3 rings (SSSR count). The first kappa shape index (κ1) is 14.9. The minimum atomic E-state index is -0.528. The molecule has 1 aromatic carbocycles. The van der Waals surface area contributed by atoms with Crippen LogP contribution >= 0.6 is 0 Å². The molecule has 2 aliphatic rings. The van der Waals surface area contributed by atoms with Crippen molar-refractivity contribution in [2.24, 2.45) is 11.3 Å². The summed E-state index contributed by atoms with van der Waals surface area (Å²) in [5, 5.41) is 14.7. The minimum Gasteiger partial charge on any atom is -0.388 e. The van der Waals surface area contributed by atoms with Gasteiger partial charge in [-0.1, -0.05) is 45.4 Å². The maximum atomic E-state index is 11.1. The summed E-state index contributed by atoms with van der Waals surface area (Å²) < 4.78 is 0. The van der Waals surface area contributed by atoms with Gasteiger partial charge < -0.3 is 10.4 Å². The Hall–Kier alpha value is -1.02. The lowest BCUT2D eigenvalue weighted by molar-refractivity contribution is -0.0403. The van der Waals surface area contributed by atoms with Gasteiger partial charge in [0, 0.05) is 5.69 Å². The molecule has 116 valence electrons. The maximum Gasteiger partial charge on any atom is 0.0851 e. The number of aliphatic hydroxyl groups is 1. The second-order valence-corrected chi connectivity index (χ2v) is 7.78. The fourth-order valence-electron chi connectivity index (χ4n) is 4.16. The molecule has 1 aromatic rings. The highest BCUT2D eigenvalue weighted by Crippen LogP contribution is 2.46. The predicted octanol–water partition coefficient (Wildman–Crippen LogP) is 4.38. The van der Waals surface area contributed by atoms with E-state index in [0.29, 0.717) is 5.41 Å². The molecule has 1 unspecified atom stereocenters. The van der Waals surface area contributed by atoms with Crippen LogP contribution in [0.4, 0.5) is 5.69 Å². The lowest BCUT2D eigenvalue weighted by atomic mass is 9.65. The maximum absolute atomic E-state index is 11.1. The smallest absolute Gasteiger partial charge is 0.0851 e. The number of benzene rings is 1. The first-order valence-corrected chi connectivity index (χ1v) is 8.51. The number of nitrogens with one attached hydrogen (secondary N) is 1. The van der Waals surface area contributed by atoms with E-state index in [1.807, 2.05) is 0 Å². The molecule has 1 atom stereocenters. The molecular weight excluding hydrogens is 258 g/mol. The lowest BCUT2D eigenvalue weighted by Crippen LogP contribution is -2.49. The van der Waals surface area contributed by atoms with Crippen molar-refractivity contribution in [2.45, 2.75) is 70.9 Å². The van der Waals surface area contributed by atoms with E-state index in [2.05, 4.69) is 50.4 Å². The van der Waals surface area contributed by atoms with Crippen LogP contribution in [0.5, 0.6) is 0 Å². The van der Waals surface area contributed by atoms with Gasteiger partial charge in [0.1, 0.15) is 0 Å². The van der Waals surface area contributed by atoms with E-state index in [1.54, 1.807) is 0 Å². The predicted molar refractivity (Wildman–Crippen MR) is 88.5 cm³/mol. The van der Waals surface area contributed by atoms with E-state index < -0.39 is 5.60 Å². The van der Waals surface area contributed by atoms with Gasteiger partial charge in [-0.25, -0.2) is 0 Å². The van der Waals surface area contributed by atoms with Crippen LogP contribution < -0.4 is 5.32 Å². The van der Waals surface area contributed by atoms with Crippen molar-refractivity contribution in [3.63, 3.8) is 0 Å². The largest absolute Gasteiger partial charge is 0.388 e. The van der Waals surface area contributed by atoms with Gasteiger partial charge in [-0.3, -0.25) is 0 Å². The summed E-state index contributed by atoms with van der Waals surface area (Å²) in [5.41, 5.74) is 2.45. The Morgan fingerprint density at radius 2 is 1.90 bits per heavy atom. The molecule has 0 amide bonds. The van der Waals surface area contributed by atoms with Crippen molar-refractivity contribution in [3.05, 3.63) is 29.8 Å². The molecule has 21 heavy (non-hydrogen) atoms. The third-order valence-corrected chi connectivity index (χ3v) is 6.29. The van der Waals surface area contributed by atoms with Crippen molar-refractivity contribution in [2.75, 3.05) is 5.32 Å². The number of rotatable bonds is 3. The Bertz CT molecular complexity index is 475. The summed E-state index contributed by atoms with van der Waals surface area (Å²) in [7, 11) is 0. The summed E-state index contributed by atoms with van der Waals surface area (Å²) in [6.07, 6.45) is 6.38. The molecule has 1 fully saturated rings. The van der Waals surface area contributed by atoms with Gasteiger partial charge in [0.15, 0.2) is 0 Å². The summed E-state index contributed by atoms with van der Waals surface area (Å²) >= 11 is 0. The topological polar surface area (TPSA) is 32.3 Å². The second kappa shape index (κ2) is 5.31. The lowest BCUT2D eigenvalue weighted by Gasteiger charge is -2.45. The number of hydrogen-bond donors (Lipinski definition) is 2. The molecule has 2 heteroatoms. The Balaban J connectivity index is 1.66. The van der Waals surface area contributed by atoms with Gasteiger partial charge in [-0.05, 0) is 55.1 Å². The van der Waals surface area contributed by atoms with Crippen LogP contribution in [0.15, 0.2) is 24.3 Å². The Morgan fingerprint density at radius 1 is 1.24 bits per heavy atom.